The standard InChI is InChI=1S/C18H23N3O3S/c1-20-9-6-13(12-20)11-17(23)21-8-2-3-14(21)15-4-5-16(25-15)18(24)19-7-10-22/h4-6,9,12,14,22H,2-3,7-8,10-11H2,1H3,(H,19,24)/t14-/m1/s1. The molecule has 134 valence electrons. The van der Waals surface area contributed by atoms with Gasteiger partial charge in [0.05, 0.1) is 23.9 Å². The van der Waals surface area contributed by atoms with Gasteiger partial charge in [0, 0.05) is 37.4 Å². The summed E-state index contributed by atoms with van der Waals surface area (Å²) in [6, 6.07) is 5.76. The van der Waals surface area contributed by atoms with Gasteiger partial charge in [-0.15, -0.1) is 11.3 Å². The number of hydrogen-bond donors (Lipinski definition) is 2. The molecule has 25 heavy (non-hydrogen) atoms. The SMILES string of the molecule is Cn1ccc(CC(=O)N2CCC[C@@H]2c2ccc(C(=O)NCCO)s2)c1. The van der Waals surface area contributed by atoms with Crippen LogP contribution in [0.2, 0.25) is 0 Å². The van der Waals surface area contributed by atoms with Crippen molar-refractivity contribution in [3.05, 3.63) is 45.9 Å². The number of rotatable bonds is 6. The number of aromatic nitrogens is 1. The van der Waals surface area contributed by atoms with Crippen molar-refractivity contribution >= 4 is 23.2 Å². The Bertz CT molecular complexity index is 752. The first-order valence-electron chi connectivity index (χ1n) is 8.47. The number of nitrogens with one attached hydrogen (secondary N) is 1. The Balaban J connectivity index is 1.68. The highest BCUT2D eigenvalue weighted by atomic mass is 32.1. The van der Waals surface area contributed by atoms with Crippen molar-refractivity contribution < 1.29 is 14.7 Å². The number of carbonyl (C=O) groups is 2. The molecule has 3 rings (SSSR count). The smallest absolute Gasteiger partial charge is 0.261 e. The van der Waals surface area contributed by atoms with Crippen molar-refractivity contribution in [1.29, 1.82) is 0 Å². The average molecular weight is 361 g/mol. The van der Waals surface area contributed by atoms with E-state index in [9.17, 15) is 9.59 Å². The van der Waals surface area contributed by atoms with E-state index in [2.05, 4.69) is 5.32 Å². The zero-order chi connectivity index (χ0) is 17.8. The minimum atomic E-state index is -0.176. The second kappa shape index (κ2) is 7.84. The summed E-state index contributed by atoms with van der Waals surface area (Å²) in [6.07, 6.45) is 6.23. The van der Waals surface area contributed by atoms with Gasteiger partial charge in [0.2, 0.25) is 5.91 Å². The molecular formula is C18H23N3O3S. The Kier molecular flexibility index (Phi) is 5.55. The third-order valence-electron chi connectivity index (χ3n) is 4.40. The number of aryl methyl sites for hydroxylation is 1. The van der Waals surface area contributed by atoms with E-state index >= 15 is 0 Å². The van der Waals surface area contributed by atoms with Gasteiger partial charge < -0.3 is 19.9 Å². The lowest BCUT2D eigenvalue weighted by Gasteiger charge is -2.23. The Morgan fingerprint density at radius 3 is 2.92 bits per heavy atom. The molecule has 3 heterocycles. The fourth-order valence-corrected chi connectivity index (χ4v) is 4.29. The van der Waals surface area contributed by atoms with Crippen LogP contribution in [0.15, 0.2) is 30.6 Å². The predicted molar refractivity (Wildman–Crippen MR) is 96.5 cm³/mol. The number of amides is 2. The van der Waals surface area contributed by atoms with E-state index in [1.165, 1.54) is 11.3 Å². The number of likely N-dealkylation sites (tertiary alicyclic amines) is 1. The van der Waals surface area contributed by atoms with E-state index in [-0.39, 0.29) is 31.0 Å². The van der Waals surface area contributed by atoms with Gasteiger partial charge in [-0.05, 0) is 36.6 Å². The van der Waals surface area contributed by atoms with Crippen LogP contribution in [0.5, 0.6) is 0 Å². The topological polar surface area (TPSA) is 74.6 Å². The zero-order valence-electron chi connectivity index (χ0n) is 14.3. The van der Waals surface area contributed by atoms with E-state index in [0.717, 1.165) is 29.8 Å². The maximum absolute atomic E-state index is 12.7. The molecule has 0 radical (unpaired) electrons. The number of aliphatic hydroxyl groups is 1. The van der Waals surface area contributed by atoms with Gasteiger partial charge in [-0.1, -0.05) is 0 Å². The van der Waals surface area contributed by atoms with Crippen LogP contribution in [0.4, 0.5) is 0 Å². The van der Waals surface area contributed by atoms with Crippen LogP contribution in [-0.2, 0) is 18.3 Å². The molecule has 2 N–H and O–H groups in total. The fraction of sp³-hybridized carbons (Fsp3) is 0.444. The van der Waals surface area contributed by atoms with E-state index < -0.39 is 0 Å². The van der Waals surface area contributed by atoms with E-state index in [0.29, 0.717) is 11.3 Å². The molecular weight excluding hydrogens is 338 g/mol. The number of aliphatic hydroxyl groups excluding tert-OH is 1. The fourth-order valence-electron chi connectivity index (χ4n) is 3.21. The molecule has 0 aliphatic carbocycles. The summed E-state index contributed by atoms with van der Waals surface area (Å²) in [5.41, 5.74) is 1.02. The van der Waals surface area contributed by atoms with E-state index in [1.807, 2.05) is 41.0 Å². The van der Waals surface area contributed by atoms with Crippen LogP contribution in [0, 0.1) is 0 Å². The molecule has 0 spiro atoms. The van der Waals surface area contributed by atoms with Crippen molar-refractivity contribution in [3.8, 4) is 0 Å². The molecule has 6 nitrogen and oxygen atoms in total. The lowest BCUT2D eigenvalue weighted by Crippen LogP contribution is -2.31. The molecule has 2 aromatic rings. The molecule has 1 saturated heterocycles. The molecule has 1 aliphatic rings. The average Bonchev–Trinajstić information content (AvgIpc) is 3.32. The number of carbonyl (C=O) groups excluding carboxylic acids is 2. The minimum absolute atomic E-state index is 0.0561. The van der Waals surface area contributed by atoms with Gasteiger partial charge in [0.15, 0.2) is 0 Å². The largest absolute Gasteiger partial charge is 0.395 e. The van der Waals surface area contributed by atoms with Gasteiger partial charge in [0.25, 0.3) is 5.91 Å². The Hall–Kier alpha value is -2.12. The highest BCUT2D eigenvalue weighted by molar-refractivity contribution is 7.14. The number of hydrogen-bond acceptors (Lipinski definition) is 4. The molecule has 2 amide bonds. The van der Waals surface area contributed by atoms with Gasteiger partial charge in [-0.3, -0.25) is 9.59 Å². The van der Waals surface area contributed by atoms with E-state index in [1.54, 1.807) is 6.07 Å². The molecule has 1 atom stereocenters. The van der Waals surface area contributed by atoms with Crippen LogP contribution in [0.25, 0.3) is 0 Å². The molecule has 0 bridgehead atoms. The predicted octanol–water partition coefficient (Wildman–Crippen LogP) is 1.71. The zero-order valence-corrected chi connectivity index (χ0v) is 15.1. The van der Waals surface area contributed by atoms with Crippen molar-refractivity contribution in [3.63, 3.8) is 0 Å². The van der Waals surface area contributed by atoms with Crippen LogP contribution < -0.4 is 5.32 Å². The first-order chi connectivity index (χ1) is 12.1. The second-order valence-electron chi connectivity index (χ2n) is 6.29. The van der Waals surface area contributed by atoms with E-state index in [4.69, 9.17) is 5.11 Å². The molecule has 1 fully saturated rings. The third kappa shape index (κ3) is 4.11. The Morgan fingerprint density at radius 1 is 1.36 bits per heavy atom. The van der Waals surface area contributed by atoms with Crippen LogP contribution >= 0.6 is 11.3 Å². The molecule has 0 aromatic carbocycles. The van der Waals surface area contributed by atoms with Crippen molar-refractivity contribution in [2.75, 3.05) is 19.7 Å². The number of thiophene rings is 1. The maximum atomic E-state index is 12.7. The first kappa shape index (κ1) is 17.7. The lowest BCUT2D eigenvalue weighted by atomic mass is 10.1. The molecule has 2 aromatic heterocycles. The summed E-state index contributed by atoms with van der Waals surface area (Å²) >= 11 is 1.43. The summed E-state index contributed by atoms with van der Waals surface area (Å²) in [7, 11) is 1.95. The summed E-state index contributed by atoms with van der Waals surface area (Å²) in [5.74, 6) is -0.0427. The summed E-state index contributed by atoms with van der Waals surface area (Å²) in [6.45, 7) is 0.936. The van der Waals surface area contributed by atoms with Gasteiger partial charge >= 0.3 is 0 Å². The summed E-state index contributed by atoms with van der Waals surface area (Å²) in [4.78, 5) is 28.3. The van der Waals surface area contributed by atoms with Crippen molar-refractivity contribution in [1.82, 2.24) is 14.8 Å². The van der Waals surface area contributed by atoms with Crippen LogP contribution in [0.1, 0.15) is 39.0 Å². The highest BCUT2D eigenvalue weighted by Crippen LogP contribution is 2.36. The Morgan fingerprint density at radius 2 is 2.20 bits per heavy atom. The monoisotopic (exact) mass is 361 g/mol. The molecule has 0 unspecified atom stereocenters. The third-order valence-corrected chi connectivity index (χ3v) is 5.58. The quantitative estimate of drug-likeness (QED) is 0.823. The van der Waals surface area contributed by atoms with Gasteiger partial charge in [0.1, 0.15) is 0 Å². The molecule has 0 saturated carbocycles. The lowest BCUT2D eigenvalue weighted by molar-refractivity contribution is -0.131. The first-order valence-corrected chi connectivity index (χ1v) is 9.29. The normalized spacial score (nSPS) is 17.0. The van der Waals surface area contributed by atoms with Crippen LogP contribution in [-0.4, -0.2) is 46.1 Å². The molecule has 1 aliphatic heterocycles. The van der Waals surface area contributed by atoms with Gasteiger partial charge in [-0.25, -0.2) is 0 Å². The number of nitrogens with zero attached hydrogens (tertiary/aromatic N) is 2. The second-order valence-corrected chi connectivity index (χ2v) is 7.40. The molecule has 7 heteroatoms. The maximum Gasteiger partial charge on any atom is 0.261 e. The summed E-state index contributed by atoms with van der Waals surface area (Å²) in [5, 5.41) is 11.5. The van der Waals surface area contributed by atoms with Crippen molar-refractivity contribution in [2.24, 2.45) is 7.05 Å². The van der Waals surface area contributed by atoms with Gasteiger partial charge in [-0.2, -0.15) is 0 Å². The van der Waals surface area contributed by atoms with Crippen molar-refractivity contribution in [2.45, 2.75) is 25.3 Å². The minimum Gasteiger partial charge on any atom is -0.395 e. The summed E-state index contributed by atoms with van der Waals surface area (Å²) < 4.78 is 1.95. The van der Waals surface area contributed by atoms with Crippen LogP contribution in [0.3, 0.4) is 0 Å². The highest BCUT2D eigenvalue weighted by Gasteiger charge is 2.31. The Labute approximate surface area is 151 Å².